The van der Waals surface area contributed by atoms with E-state index in [1.54, 1.807) is 13.0 Å². The van der Waals surface area contributed by atoms with Crippen molar-refractivity contribution in [1.29, 1.82) is 0 Å². The number of nitrogens with zero attached hydrogens (tertiary/aromatic N) is 1. The molecule has 2 atom stereocenters. The van der Waals surface area contributed by atoms with Crippen LogP contribution in [-0.2, 0) is 9.53 Å². The fraction of sp³-hybridized carbons (Fsp3) is 0.733. The topological polar surface area (TPSA) is 66.8 Å². The van der Waals surface area contributed by atoms with E-state index < -0.39 is 12.2 Å². The molecule has 0 bridgehead atoms. The van der Waals surface area contributed by atoms with Gasteiger partial charge >= 0.3 is 6.09 Å². The third kappa shape index (κ3) is 3.82. The zero-order chi connectivity index (χ0) is 15.4. The first-order chi connectivity index (χ1) is 9.25. The van der Waals surface area contributed by atoms with Crippen molar-refractivity contribution in [3.8, 4) is 0 Å². The lowest BCUT2D eigenvalue weighted by Gasteiger charge is -2.23. The molecule has 1 saturated heterocycles. The van der Waals surface area contributed by atoms with Gasteiger partial charge in [-0.25, -0.2) is 9.69 Å². The molecule has 0 unspecified atom stereocenters. The van der Waals surface area contributed by atoms with Crippen molar-refractivity contribution in [3.63, 3.8) is 0 Å². The minimum absolute atomic E-state index is 0.134. The van der Waals surface area contributed by atoms with E-state index in [1.165, 1.54) is 4.90 Å². The summed E-state index contributed by atoms with van der Waals surface area (Å²) in [5, 5.41) is 9.75. The van der Waals surface area contributed by atoms with Gasteiger partial charge in [-0.05, 0) is 25.2 Å². The molecule has 20 heavy (non-hydrogen) atoms. The van der Waals surface area contributed by atoms with E-state index in [1.807, 2.05) is 27.7 Å². The Morgan fingerprint density at radius 2 is 2.05 bits per heavy atom. The number of carbonyl (C=O) groups is 2. The molecular formula is C15H25NO4. The van der Waals surface area contributed by atoms with Crippen LogP contribution in [0.4, 0.5) is 4.79 Å². The van der Waals surface area contributed by atoms with Crippen LogP contribution in [0.25, 0.3) is 0 Å². The standard InChI is InChI=1S/C15H25NO4/c1-9(2)12-8-20-15(19)16(12)14(18)11(5)6-7-13(17)10(3)4/h6,9-10,12-13,17H,7-8H2,1-5H3/b11-6+/t12-,13+/m1/s1. The number of imide groups is 1. The summed E-state index contributed by atoms with van der Waals surface area (Å²) in [7, 11) is 0. The average molecular weight is 283 g/mol. The molecule has 5 nitrogen and oxygen atoms in total. The summed E-state index contributed by atoms with van der Waals surface area (Å²) in [5.74, 6) is -0.0454. The molecule has 114 valence electrons. The van der Waals surface area contributed by atoms with E-state index in [4.69, 9.17) is 4.74 Å². The van der Waals surface area contributed by atoms with Gasteiger partial charge in [-0.2, -0.15) is 0 Å². The van der Waals surface area contributed by atoms with Crippen LogP contribution in [0.2, 0.25) is 0 Å². The molecule has 0 saturated carbocycles. The Kier molecular flexibility index (Phi) is 5.74. The van der Waals surface area contributed by atoms with Crippen molar-refractivity contribution in [2.24, 2.45) is 11.8 Å². The van der Waals surface area contributed by atoms with Crippen LogP contribution in [0.3, 0.4) is 0 Å². The monoisotopic (exact) mass is 283 g/mol. The van der Waals surface area contributed by atoms with Crippen LogP contribution >= 0.6 is 0 Å². The molecule has 1 heterocycles. The number of hydrogen-bond acceptors (Lipinski definition) is 4. The van der Waals surface area contributed by atoms with Gasteiger partial charge in [0.1, 0.15) is 6.61 Å². The molecule has 0 aromatic carbocycles. The second-order valence-electron chi connectivity index (χ2n) is 6.00. The number of cyclic esters (lactones) is 1. The Morgan fingerprint density at radius 1 is 1.45 bits per heavy atom. The molecule has 1 aliphatic heterocycles. The number of amides is 2. The average Bonchev–Trinajstić information content (AvgIpc) is 2.76. The van der Waals surface area contributed by atoms with Gasteiger partial charge in [0.05, 0.1) is 12.1 Å². The summed E-state index contributed by atoms with van der Waals surface area (Å²) in [6, 6.07) is -0.214. The van der Waals surface area contributed by atoms with Crippen molar-refractivity contribution in [2.45, 2.75) is 53.2 Å². The highest BCUT2D eigenvalue weighted by Crippen LogP contribution is 2.22. The smallest absolute Gasteiger partial charge is 0.417 e. The van der Waals surface area contributed by atoms with Gasteiger partial charge in [0, 0.05) is 5.57 Å². The number of rotatable bonds is 5. The Labute approximate surface area is 120 Å². The summed E-state index contributed by atoms with van der Waals surface area (Å²) in [6.07, 6.45) is 1.04. The van der Waals surface area contributed by atoms with E-state index in [0.717, 1.165) is 0 Å². The Morgan fingerprint density at radius 3 is 2.55 bits per heavy atom. The third-order valence-corrected chi connectivity index (χ3v) is 3.67. The maximum Gasteiger partial charge on any atom is 0.417 e. The molecule has 0 aliphatic carbocycles. The van der Waals surface area contributed by atoms with Crippen molar-refractivity contribution < 1.29 is 19.4 Å². The third-order valence-electron chi connectivity index (χ3n) is 3.67. The van der Waals surface area contributed by atoms with Crippen molar-refractivity contribution >= 4 is 12.0 Å². The van der Waals surface area contributed by atoms with Crippen LogP contribution < -0.4 is 0 Å². The number of carbonyl (C=O) groups excluding carboxylic acids is 2. The summed E-state index contributed by atoms with van der Waals surface area (Å²) >= 11 is 0. The second-order valence-corrected chi connectivity index (χ2v) is 6.00. The lowest BCUT2D eigenvalue weighted by atomic mass is 10.0. The van der Waals surface area contributed by atoms with Crippen LogP contribution in [0, 0.1) is 11.8 Å². The second kappa shape index (κ2) is 6.88. The van der Waals surface area contributed by atoms with Crippen molar-refractivity contribution in [2.75, 3.05) is 6.61 Å². The minimum atomic E-state index is -0.578. The molecule has 1 aliphatic rings. The highest BCUT2D eigenvalue weighted by atomic mass is 16.6. The number of ether oxygens (including phenoxy) is 1. The van der Waals surface area contributed by atoms with Crippen molar-refractivity contribution in [1.82, 2.24) is 4.90 Å². The zero-order valence-corrected chi connectivity index (χ0v) is 12.9. The van der Waals surface area contributed by atoms with Crippen LogP contribution in [0.15, 0.2) is 11.6 Å². The lowest BCUT2D eigenvalue weighted by Crippen LogP contribution is -2.42. The fourth-order valence-electron chi connectivity index (χ4n) is 2.01. The predicted octanol–water partition coefficient (Wildman–Crippen LogP) is 2.34. The molecule has 1 fully saturated rings. The first kappa shape index (κ1) is 16.7. The Bertz CT molecular complexity index is 401. The largest absolute Gasteiger partial charge is 0.447 e. The van der Waals surface area contributed by atoms with Gasteiger partial charge in [0.2, 0.25) is 0 Å². The molecular weight excluding hydrogens is 258 g/mol. The van der Waals surface area contributed by atoms with E-state index in [-0.39, 0.29) is 30.4 Å². The molecule has 0 aromatic rings. The minimum Gasteiger partial charge on any atom is -0.447 e. The molecule has 0 aromatic heterocycles. The van der Waals surface area contributed by atoms with E-state index in [2.05, 4.69) is 0 Å². The van der Waals surface area contributed by atoms with E-state index in [0.29, 0.717) is 12.0 Å². The maximum absolute atomic E-state index is 12.3. The van der Waals surface area contributed by atoms with Gasteiger partial charge < -0.3 is 9.84 Å². The first-order valence-corrected chi connectivity index (χ1v) is 7.10. The summed E-state index contributed by atoms with van der Waals surface area (Å²) < 4.78 is 4.96. The predicted molar refractivity (Wildman–Crippen MR) is 76.0 cm³/mol. The highest BCUT2D eigenvalue weighted by molar-refractivity contribution is 6.03. The maximum atomic E-state index is 12.3. The quantitative estimate of drug-likeness (QED) is 0.786. The van der Waals surface area contributed by atoms with Gasteiger partial charge in [-0.1, -0.05) is 33.8 Å². The molecule has 1 N–H and O–H groups in total. The first-order valence-electron chi connectivity index (χ1n) is 7.10. The highest BCUT2D eigenvalue weighted by Gasteiger charge is 2.39. The van der Waals surface area contributed by atoms with Gasteiger partial charge in [-0.3, -0.25) is 4.79 Å². The van der Waals surface area contributed by atoms with Gasteiger partial charge in [0.25, 0.3) is 5.91 Å². The summed E-state index contributed by atoms with van der Waals surface area (Å²) in [4.78, 5) is 25.2. The van der Waals surface area contributed by atoms with Crippen LogP contribution in [-0.4, -0.2) is 40.8 Å². The SMILES string of the molecule is C/C(=C\C[C@H](O)C(C)C)C(=O)N1C(=O)OC[C@@H]1C(C)C. The molecule has 2 amide bonds. The Hall–Kier alpha value is -1.36. The van der Waals surface area contributed by atoms with Crippen LogP contribution in [0.5, 0.6) is 0 Å². The number of hydrogen-bond donors (Lipinski definition) is 1. The van der Waals surface area contributed by atoms with Gasteiger partial charge in [0.15, 0.2) is 0 Å². The van der Waals surface area contributed by atoms with E-state index >= 15 is 0 Å². The summed E-state index contributed by atoms with van der Waals surface area (Å²) in [5.41, 5.74) is 0.467. The molecule has 5 heteroatoms. The van der Waals surface area contributed by atoms with Crippen molar-refractivity contribution in [3.05, 3.63) is 11.6 Å². The zero-order valence-electron chi connectivity index (χ0n) is 12.9. The normalized spacial score (nSPS) is 21.6. The van der Waals surface area contributed by atoms with Crippen LogP contribution in [0.1, 0.15) is 41.0 Å². The number of aliphatic hydroxyl groups is 1. The number of aliphatic hydroxyl groups excluding tert-OH is 1. The van der Waals surface area contributed by atoms with Gasteiger partial charge in [-0.15, -0.1) is 0 Å². The fourth-order valence-corrected chi connectivity index (χ4v) is 2.01. The molecule has 0 radical (unpaired) electrons. The summed E-state index contributed by atoms with van der Waals surface area (Å²) in [6.45, 7) is 9.66. The molecule has 0 spiro atoms. The molecule has 1 rings (SSSR count). The lowest BCUT2D eigenvalue weighted by molar-refractivity contribution is -0.125. The Balaban J connectivity index is 2.77. The van der Waals surface area contributed by atoms with E-state index in [9.17, 15) is 14.7 Å².